The van der Waals surface area contributed by atoms with Gasteiger partial charge in [-0.2, -0.15) is 0 Å². The van der Waals surface area contributed by atoms with Crippen LogP contribution in [0.2, 0.25) is 0 Å². The molecule has 4 rings (SSSR count). The van der Waals surface area contributed by atoms with Crippen LogP contribution >= 0.6 is 11.8 Å². The van der Waals surface area contributed by atoms with Crippen LogP contribution in [0, 0.1) is 0 Å². The Kier molecular flexibility index (Phi) is 6.58. The maximum atomic E-state index is 13.2. The Bertz CT molecular complexity index is 1330. The van der Waals surface area contributed by atoms with Gasteiger partial charge in [0.15, 0.2) is 5.16 Å². The number of nitrogens with one attached hydrogen (secondary N) is 1. The second-order valence-corrected chi connectivity index (χ2v) is 8.98. The predicted octanol–water partition coefficient (Wildman–Crippen LogP) is 4.88. The quantitative estimate of drug-likeness (QED) is 0.323. The van der Waals surface area contributed by atoms with E-state index in [1.807, 2.05) is 74.5 Å². The van der Waals surface area contributed by atoms with E-state index < -0.39 is 5.25 Å². The van der Waals surface area contributed by atoms with E-state index in [9.17, 15) is 9.59 Å². The zero-order valence-electron chi connectivity index (χ0n) is 18.2. The van der Waals surface area contributed by atoms with E-state index in [2.05, 4.69) is 5.32 Å². The molecule has 0 spiro atoms. The van der Waals surface area contributed by atoms with Gasteiger partial charge in [-0.15, -0.1) is 0 Å². The zero-order valence-corrected chi connectivity index (χ0v) is 19.1. The van der Waals surface area contributed by atoms with Crippen LogP contribution in [0.1, 0.15) is 19.9 Å². The van der Waals surface area contributed by atoms with E-state index in [0.29, 0.717) is 22.7 Å². The minimum Gasteiger partial charge on any atom is -0.383 e. The van der Waals surface area contributed by atoms with Gasteiger partial charge in [0, 0.05) is 18.2 Å². The number of carbonyl (C=O) groups is 1. The number of anilines is 1. The van der Waals surface area contributed by atoms with Gasteiger partial charge in [-0.1, -0.05) is 60.3 Å². The maximum absolute atomic E-state index is 13.2. The first-order chi connectivity index (χ1) is 15.5. The average molecular weight is 448 g/mol. The number of thioether (sulfide) groups is 1. The van der Waals surface area contributed by atoms with Gasteiger partial charge in [0.1, 0.15) is 0 Å². The molecule has 0 unspecified atom stereocenters. The first kappa shape index (κ1) is 22.0. The molecule has 6 nitrogen and oxygen atoms in total. The Hall–Kier alpha value is -3.16. The molecule has 0 aliphatic carbocycles. The van der Waals surface area contributed by atoms with Crippen molar-refractivity contribution in [3.8, 4) is 0 Å². The lowest BCUT2D eigenvalue weighted by Gasteiger charge is -2.20. The Balaban J connectivity index is 1.65. The lowest BCUT2D eigenvalue weighted by Crippen LogP contribution is -2.30. The number of amides is 1. The van der Waals surface area contributed by atoms with Gasteiger partial charge in [0.2, 0.25) is 5.91 Å². The average Bonchev–Trinajstić information content (AvgIpc) is 2.79. The molecular weight excluding hydrogens is 422 g/mol. The van der Waals surface area contributed by atoms with Gasteiger partial charge in [-0.3, -0.25) is 14.2 Å². The normalized spacial score (nSPS) is 13.2. The summed E-state index contributed by atoms with van der Waals surface area (Å²) in [4.78, 5) is 31.0. The third kappa shape index (κ3) is 4.40. The SMILES string of the molecule is COC[C@@H](C)n1c(S[C@H](C)C(=O)Nc2cccc3ccccc23)nc2ccccc2c1=O. The third-order valence-corrected chi connectivity index (χ3v) is 6.39. The largest absolute Gasteiger partial charge is 0.383 e. The number of benzene rings is 3. The molecule has 0 saturated carbocycles. The molecule has 1 N–H and O–H groups in total. The first-order valence-electron chi connectivity index (χ1n) is 10.4. The van der Waals surface area contributed by atoms with Crippen molar-refractivity contribution < 1.29 is 9.53 Å². The Morgan fingerprint density at radius 1 is 1.03 bits per heavy atom. The Morgan fingerprint density at radius 2 is 1.72 bits per heavy atom. The molecule has 32 heavy (non-hydrogen) atoms. The molecule has 1 amide bonds. The van der Waals surface area contributed by atoms with Crippen LogP contribution in [-0.4, -0.2) is 34.4 Å². The molecule has 0 fully saturated rings. The van der Waals surface area contributed by atoms with Crippen LogP contribution in [0.25, 0.3) is 21.7 Å². The fraction of sp³-hybridized carbons (Fsp3) is 0.240. The summed E-state index contributed by atoms with van der Waals surface area (Å²) < 4.78 is 6.90. The van der Waals surface area contributed by atoms with Gasteiger partial charge in [0.05, 0.1) is 28.8 Å². The summed E-state index contributed by atoms with van der Waals surface area (Å²) in [7, 11) is 1.60. The van der Waals surface area contributed by atoms with Crippen molar-refractivity contribution in [1.82, 2.24) is 9.55 Å². The Morgan fingerprint density at radius 3 is 2.50 bits per heavy atom. The summed E-state index contributed by atoms with van der Waals surface area (Å²) in [6.07, 6.45) is 0. The molecule has 2 atom stereocenters. The maximum Gasteiger partial charge on any atom is 0.262 e. The van der Waals surface area contributed by atoms with E-state index in [1.165, 1.54) is 11.8 Å². The fourth-order valence-corrected chi connectivity index (χ4v) is 4.70. The van der Waals surface area contributed by atoms with Gasteiger partial charge < -0.3 is 10.1 Å². The van der Waals surface area contributed by atoms with Crippen molar-refractivity contribution in [2.45, 2.75) is 30.3 Å². The number of rotatable bonds is 7. The summed E-state index contributed by atoms with van der Waals surface area (Å²) in [5.41, 5.74) is 1.24. The number of hydrogen-bond acceptors (Lipinski definition) is 5. The highest BCUT2D eigenvalue weighted by atomic mass is 32.2. The van der Waals surface area contributed by atoms with Crippen LogP contribution < -0.4 is 10.9 Å². The monoisotopic (exact) mass is 447 g/mol. The highest BCUT2D eigenvalue weighted by molar-refractivity contribution is 8.00. The number of para-hydroxylation sites is 1. The molecule has 1 aromatic heterocycles. The molecule has 3 aromatic carbocycles. The number of hydrogen-bond donors (Lipinski definition) is 1. The third-order valence-electron chi connectivity index (χ3n) is 5.32. The molecule has 0 saturated heterocycles. The minimum atomic E-state index is -0.469. The number of fused-ring (bicyclic) bond motifs is 2. The zero-order chi connectivity index (χ0) is 22.7. The number of nitrogens with zero attached hydrogens (tertiary/aromatic N) is 2. The second-order valence-electron chi connectivity index (χ2n) is 7.67. The lowest BCUT2D eigenvalue weighted by atomic mass is 10.1. The molecule has 164 valence electrons. The van der Waals surface area contributed by atoms with Gasteiger partial charge in [0.25, 0.3) is 5.56 Å². The van der Waals surface area contributed by atoms with Crippen molar-refractivity contribution in [3.63, 3.8) is 0 Å². The second kappa shape index (κ2) is 9.54. The molecule has 0 radical (unpaired) electrons. The van der Waals surface area contributed by atoms with Crippen molar-refractivity contribution in [3.05, 3.63) is 77.1 Å². The van der Waals surface area contributed by atoms with E-state index in [4.69, 9.17) is 9.72 Å². The number of methoxy groups -OCH3 is 1. The highest BCUT2D eigenvalue weighted by Gasteiger charge is 2.22. The number of aromatic nitrogens is 2. The summed E-state index contributed by atoms with van der Waals surface area (Å²) in [5, 5.41) is 5.65. The standard InChI is InChI=1S/C25H25N3O3S/c1-16(15-31-3)28-24(30)20-12-6-7-13-22(20)27-25(28)32-17(2)23(29)26-21-14-8-10-18-9-4-5-11-19(18)21/h4-14,16-17H,15H2,1-3H3,(H,26,29)/t16-,17-/m1/s1. The van der Waals surface area contributed by atoms with Crippen molar-refractivity contribution in [2.24, 2.45) is 0 Å². The predicted molar refractivity (Wildman–Crippen MR) is 130 cm³/mol. The summed E-state index contributed by atoms with van der Waals surface area (Å²) >= 11 is 1.27. The molecule has 1 heterocycles. The van der Waals surface area contributed by atoms with Crippen LogP contribution in [-0.2, 0) is 9.53 Å². The number of ether oxygens (including phenoxy) is 1. The minimum absolute atomic E-state index is 0.135. The van der Waals surface area contributed by atoms with Crippen LogP contribution in [0.4, 0.5) is 5.69 Å². The smallest absolute Gasteiger partial charge is 0.262 e. The van der Waals surface area contributed by atoms with E-state index in [0.717, 1.165) is 16.5 Å². The van der Waals surface area contributed by atoms with Crippen LogP contribution in [0.3, 0.4) is 0 Å². The van der Waals surface area contributed by atoms with E-state index in [1.54, 1.807) is 17.7 Å². The van der Waals surface area contributed by atoms with Crippen LogP contribution in [0.15, 0.2) is 76.7 Å². The fourth-order valence-electron chi connectivity index (χ4n) is 3.69. The van der Waals surface area contributed by atoms with Gasteiger partial charge in [-0.25, -0.2) is 4.98 Å². The van der Waals surface area contributed by atoms with E-state index in [-0.39, 0.29) is 17.5 Å². The van der Waals surface area contributed by atoms with Gasteiger partial charge >= 0.3 is 0 Å². The van der Waals surface area contributed by atoms with Gasteiger partial charge in [-0.05, 0) is 37.4 Å². The topological polar surface area (TPSA) is 73.2 Å². The van der Waals surface area contributed by atoms with Crippen LogP contribution in [0.5, 0.6) is 0 Å². The first-order valence-corrected chi connectivity index (χ1v) is 11.3. The molecule has 0 bridgehead atoms. The molecule has 0 aliphatic heterocycles. The summed E-state index contributed by atoms with van der Waals surface area (Å²) in [6, 6.07) is 20.8. The Labute approximate surface area is 190 Å². The molecule has 0 aliphatic rings. The highest BCUT2D eigenvalue weighted by Crippen LogP contribution is 2.28. The lowest BCUT2D eigenvalue weighted by molar-refractivity contribution is -0.115. The van der Waals surface area contributed by atoms with Crippen molar-refractivity contribution in [2.75, 3.05) is 19.0 Å². The molecular formula is C25H25N3O3S. The summed E-state index contributed by atoms with van der Waals surface area (Å²) in [6.45, 7) is 4.09. The molecule has 4 aromatic rings. The summed E-state index contributed by atoms with van der Waals surface area (Å²) in [5.74, 6) is -0.153. The molecule has 7 heteroatoms. The van der Waals surface area contributed by atoms with Crippen molar-refractivity contribution in [1.29, 1.82) is 0 Å². The number of carbonyl (C=O) groups excluding carboxylic acids is 1. The van der Waals surface area contributed by atoms with Crippen molar-refractivity contribution >= 4 is 45.0 Å². The van der Waals surface area contributed by atoms with E-state index >= 15 is 0 Å².